The fourth-order valence-corrected chi connectivity index (χ4v) is 4.05. The van der Waals surface area contributed by atoms with Gasteiger partial charge in [0.1, 0.15) is 0 Å². The molecule has 3 rings (SSSR count). The number of hydrogen-bond acceptors (Lipinski definition) is 6. The summed E-state index contributed by atoms with van der Waals surface area (Å²) in [6, 6.07) is 0. The SMILES string of the molecule is C=C1C(=O)O[C@@H]2[C@H]1[C@@H](O)[C@@H]1C(C)=CC(=O)C1=C(C)[C@H]2OC(=O)C=C(C)C. The standard InChI is InChI=1S/C20H22O6/c1-8(2)6-13(22)25-18-10(4)15-12(21)7-9(3)14(15)17(23)16-11(5)20(24)26-19(16)18/h6-7,14,16-19,23H,5H2,1-4H3/t14-,16-,17+,18-,19-/m1/s1. The average molecular weight is 358 g/mol. The van der Waals surface area contributed by atoms with Crippen molar-refractivity contribution in [3.05, 3.63) is 46.6 Å². The second kappa shape index (κ2) is 6.36. The third kappa shape index (κ3) is 2.74. The van der Waals surface area contributed by atoms with E-state index < -0.39 is 42.1 Å². The molecule has 0 spiro atoms. The molecule has 138 valence electrons. The number of aliphatic hydroxyl groups excluding tert-OH is 1. The van der Waals surface area contributed by atoms with Crippen LogP contribution in [-0.4, -0.2) is 41.1 Å². The van der Waals surface area contributed by atoms with E-state index in [1.807, 2.05) is 0 Å². The number of esters is 2. The molecule has 0 saturated carbocycles. The fourth-order valence-electron chi connectivity index (χ4n) is 4.05. The van der Waals surface area contributed by atoms with Gasteiger partial charge >= 0.3 is 11.9 Å². The molecular weight excluding hydrogens is 336 g/mol. The molecule has 0 aromatic rings. The number of aliphatic hydroxyl groups is 1. The Balaban J connectivity index is 2.11. The first kappa shape index (κ1) is 18.3. The van der Waals surface area contributed by atoms with Crippen LogP contribution in [0.4, 0.5) is 0 Å². The Morgan fingerprint density at radius 3 is 2.58 bits per heavy atom. The summed E-state index contributed by atoms with van der Waals surface area (Å²) < 4.78 is 11.0. The maximum atomic E-state index is 12.5. The summed E-state index contributed by atoms with van der Waals surface area (Å²) in [5.74, 6) is -2.74. The van der Waals surface area contributed by atoms with Crippen molar-refractivity contribution in [3.63, 3.8) is 0 Å². The monoisotopic (exact) mass is 358 g/mol. The van der Waals surface area contributed by atoms with Crippen molar-refractivity contribution in [1.29, 1.82) is 0 Å². The first-order valence-corrected chi connectivity index (χ1v) is 8.50. The molecule has 0 aromatic heterocycles. The zero-order chi connectivity index (χ0) is 19.3. The van der Waals surface area contributed by atoms with E-state index >= 15 is 0 Å². The summed E-state index contributed by atoms with van der Waals surface area (Å²) in [6.45, 7) is 10.7. The average Bonchev–Trinajstić information content (AvgIpc) is 2.96. The molecule has 1 N–H and O–H groups in total. The van der Waals surface area contributed by atoms with Crippen molar-refractivity contribution in [2.24, 2.45) is 11.8 Å². The fraction of sp³-hybridized carbons (Fsp3) is 0.450. The highest BCUT2D eigenvalue weighted by Gasteiger charge is 2.55. The Morgan fingerprint density at radius 1 is 1.31 bits per heavy atom. The van der Waals surface area contributed by atoms with Crippen LogP contribution < -0.4 is 0 Å². The van der Waals surface area contributed by atoms with Gasteiger partial charge in [0.05, 0.1) is 12.0 Å². The van der Waals surface area contributed by atoms with Crippen LogP contribution in [0, 0.1) is 11.8 Å². The van der Waals surface area contributed by atoms with E-state index in [0.29, 0.717) is 16.7 Å². The van der Waals surface area contributed by atoms with Gasteiger partial charge < -0.3 is 14.6 Å². The van der Waals surface area contributed by atoms with Crippen LogP contribution in [0.15, 0.2) is 46.6 Å². The van der Waals surface area contributed by atoms with Gasteiger partial charge in [-0.05, 0) is 39.3 Å². The third-order valence-electron chi connectivity index (χ3n) is 5.20. The minimum absolute atomic E-state index is 0.131. The van der Waals surface area contributed by atoms with Crippen LogP contribution >= 0.6 is 0 Å². The van der Waals surface area contributed by atoms with Crippen LogP contribution in [0.2, 0.25) is 0 Å². The van der Waals surface area contributed by atoms with Gasteiger partial charge in [-0.2, -0.15) is 0 Å². The zero-order valence-electron chi connectivity index (χ0n) is 15.2. The van der Waals surface area contributed by atoms with Crippen molar-refractivity contribution < 1.29 is 29.0 Å². The molecule has 2 aliphatic carbocycles. The predicted molar refractivity (Wildman–Crippen MR) is 92.8 cm³/mol. The molecule has 1 aliphatic heterocycles. The highest BCUT2D eigenvalue weighted by Crippen LogP contribution is 2.47. The van der Waals surface area contributed by atoms with Crippen molar-refractivity contribution >= 4 is 17.7 Å². The highest BCUT2D eigenvalue weighted by atomic mass is 16.6. The third-order valence-corrected chi connectivity index (χ3v) is 5.20. The molecule has 6 nitrogen and oxygen atoms in total. The molecule has 5 atom stereocenters. The number of allylic oxidation sites excluding steroid dienone is 2. The maximum absolute atomic E-state index is 12.5. The number of carbonyl (C=O) groups is 3. The van der Waals surface area contributed by atoms with E-state index in [1.54, 1.807) is 27.7 Å². The van der Waals surface area contributed by atoms with Crippen molar-refractivity contribution in [3.8, 4) is 0 Å². The van der Waals surface area contributed by atoms with Crippen molar-refractivity contribution in [2.45, 2.75) is 46.0 Å². The van der Waals surface area contributed by atoms with E-state index in [-0.39, 0.29) is 11.4 Å². The van der Waals surface area contributed by atoms with Crippen LogP contribution in [0.25, 0.3) is 0 Å². The normalized spacial score (nSPS) is 33.2. The van der Waals surface area contributed by atoms with Gasteiger partial charge in [0.25, 0.3) is 0 Å². The molecule has 26 heavy (non-hydrogen) atoms. The molecule has 3 aliphatic rings. The summed E-state index contributed by atoms with van der Waals surface area (Å²) in [4.78, 5) is 36.7. The van der Waals surface area contributed by atoms with Crippen molar-refractivity contribution in [1.82, 2.24) is 0 Å². The Hall–Kier alpha value is -2.47. The highest BCUT2D eigenvalue weighted by molar-refractivity contribution is 6.09. The molecule has 0 amide bonds. The van der Waals surface area contributed by atoms with Gasteiger partial charge in [-0.25, -0.2) is 9.59 Å². The Morgan fingerprint density at radius 2 is 1.96 bits per heavy atom. The van der Waals surface area contributed by atoms with E-state index in [4.69, 9.17) is 9.47 Å². The molecule has 0 unspecified atom stereocenters. The number of fused-ring (bicyclic) bond motifs is 2. The summed E-state index contributed by atoms with van der Waals surface area (Å²) in [7, 11) is 0. The van der Waals surface area contributed by atoms with E-state index in [1.165, 1.54) is 12.2 Å². The lowest BCUT2D eigenvalue weighted by atomic mass is 9.81. The lowest BCUT2D eigenvalue weighted by Crippen LogP contribution is -2.40. The van der Waals surface area contributed by atoms with Crippen LogP contribution in [-0.2, 0) is 23.9 Å². The second-order valence-corrected chi connectivity index (χ2v) is 7.32. The quantitative estimate of drug-likeness (QED) is 0.598. The predicted octanol–water partition coefficient (Wildman–Crippen LogP) is 1.80. The Kier molecular flexibility index (Phi) is 4.48. The number of rotatable bonds is 2. The van der Waals surface area contributed by atoms with Crippen LogP contribution in [0.1, 0.15) is 27.7 Å². The number of ketones is 1. The van der Waals surface area contributed by atoms with Gasteiger partial charge in [0.2, 0.25) is 0 Å². The molecule has 0 aromatic carbocycles. The number of ether oxygens (including phenoxy) is 2. The minimum atomic E-state index is -1.06. The first-order valence-electron chi connectivity index (χ1n) is 8.50. The lowest BCUT2D eigenvalue weighted by Gasteiger charge is -2.28. The Bertz CT molecular complexity index is 808. The molecular formula is C20H22O6. The largest absolute Gasteiger partial charge is 0.454 e. The van der Waals surface area contributed by atoms with E-state index in [0.717, 1.165) is 5.57 Å². The van der Waals surface area contributed by atoms with Gasteiger partial charge in [-0.3, -0.25) is 4.79 Å². The van der Waals surface area contributed by atoms with Gasteiger partial charge in [-0.15, -0.1) is 0 Å². The van der Waals surface area contributed by atoms with E-state index in [2.05, 4.69) is 6.58 Å². The Labute approximate surface area is 151 Å². The maximum Gasteiger partial charge on any atom is 0.334 e. The van der Waals surface area contributed by atoms with Crippen LogP contribution in [0.3, 0.4) is 0 Å². The van der Waals surface area contributed by atoms with E-state index in [9.17, 15) is 19.5 Å². The van der Waals surface area contributed by atoms with Gasteiger partial charge in [0.15, 0.2) is 18.0 Å². The molecule has 0 bridgehead atoms. The number of carbonyl (C=O) groups excluding carboxylic acids is 3. The number of hydrogen-bond donors (Lipinski definition) is 1. The summed E-state index contributed by atoms with van der Waals surface area (Å²) in [5, 5.41) is 10.9. The topological polar surface area (TPSA) is 89.9 Å². The van der Waals surface area contributed by atoms with Crippen LogP contribution in [0.5, 0.6) is 0 Å². The lowest BCUT2D eigenvalue weighted by molar-refractivity contribution is -0.156. The zero-order valence-corrected chi connectivity index (χ0v) is 15.2. The van der Waals surface area contributed by atoms with Gasteiger partial charge in [0, 0.05) is 23.1 Å². The molecule has 6 heteroatoms. The van der Waals surface area contributed by atoms with Gasteiger partial charge in [-0.1, -0.05) is 17.7 Å². The second-order valence-electron chi connectivity index (χ2n) is 7.32. The molecule has 1 saturated heterocycles. The van der Waals surface area contributed by atoms with Crippen molar-refractivity contribution in [2.75, 3.05) is 0 Å². The summed E-state index contributed by atoms with van der Waals surface area (Å²) in [6.07, 6.45) is -0.110. The summed E-state index contributed by atoms with van der Waals surface area (Å²) in [5.41, 5.74) is 2.50. The molecule has 1 heterocycles. The smallest absolute Gasteiger partial charge is 0.334 e. The molecule has 0 radical (unpaired) electrons. The summed E-state index contributed by atoms with van der Waals surface area (Å²) >= 11 is 0. The first-order chi connectivity index (χ1) is 12.1. The molecule has 1 fully saturated rings. The minimum Gasteiger partial charge on any atom is -0.454 e.